The Labute approximate surface area is 118 Å². The van der Waals surface area contributed by atoms with Crippen LogP contribution in [0, 0.1) is 4.64 Å². The lowest BCUT2D eigenvalue weighted by atomic mass is 10.1. The summed E-state index contributed by atoms with van der Waals surface area (Å²) in [6.45, 7) is 4.51. The fraction of sp³-hybridized carbons (Fsp3) is 0.692. The Morgan fingerprint density at radius 3 is 3.05 bits per heavy atom. The molecule has 3 rings (SSSR count). The van der Waals surface area contributed by atoms with E-state index in [1.165, 1.54) is 5.69 Å². The number of hydrogen-bond donors (Lipinski definition) is 1. The molecular formula is C13H20N4OS. The molecule has 0 aromatic carbocycles. The Bertz CT molecular complexity index is 530. The molecule has 2 aliphatic heterocycles. The standard InChI is InChI=1S/C13H20N4OS/c1-16-4-5-17(2)11(7-16)12-14-10-3-6-18-8-9(10)13(19)15-12/h11H,3-8H2,1-2H3,(H,14,15,19). The number of piperazine rings is 1. The lowest BCUT2D eigenvalue weighted by molar-refractivity contribution is 0.102. The average Bonchev–Trinajstić information content (AvgIpc) is 2.41. The minimum absolute atomic E-state index is 0.300. The van der Waals surface area contributed by atoms with E-state index in [9.17, 15) is 0 Å². The summed E-state index contributed by atoms with van der Waals surface area (Å²) >= 11 is 5.42. The van der Waals surface area contributed by atoms with E-state index in [1.54, 1.807) is 0 Å². The first kappa shape index (κ1) is 13.2. The molecule has 1 N–H and O–H groups in total. The largest absolute Gasteiger partial charge is 0.376 e. The zero-order chi connectivity index (χ0) is 13.4. The molecular weight excluding hydrogens is 260 g/mol. The molecule has 1 atom stereocenters. The van der Waals surface area contributed by atoms with Gasteiger partial charge in [0.15, 0.2) is 0 Å². The highest BCUT2D eigenvalue weighted by Crippen LogP contribution is 2.23. The molecule has 0 saturated carbocycles. The third-order valence-corrected chi connectivity index (χ3v) is 4.37. The maximum absolute atomic E-state index is 5.45. The molecule has 0 bridgehead atoms. The van der Waals surface area contributed by atoms with Gasteiger partial charge in [0.05, 0.1) is 19.3 Å². The van der Waals surface area contributed by atoms with Crippen molar-refractivity contribution in [2.45, 2.75) is 19.1 Å². The molecule has 1 aromatic rings. The average molecular weight is 280 g/mol. The number of fused-ring (bicyclic) bond motifs is 1. The van der Waals surface area contributed by atoms with E-state index in [0.717, 1.165) is 44.0 Å². The maximum Gasteiger partial charge on any atom is 0.135 e. The summed E-state index contributed by atoms with van der Waals surface area (Å²) in [5.74, 6) is 1.000. The first-order valence-corrected chi connectivity index (χ1v) is 7.14. The van der Waals surface area contributed by atoms with Gasteiger partial charge in [-0.1, -0.05) is 12.2 Å². The van der Waals surface area contributed by atoms with Crippen molar-refractivity contribution in [1.29, 1.82) is 0 Å². The summed E-state index contributed by atoms with van der Waals surface area (Å²) < 4.78 is 6.15. The van der Waals surface area contributed by atoms with Gasteiger partial charge in [-0.2, -0.15) is 0 Å². The Hall–Kier alpha value is -0.820. The first-order chi connectivity index (χ1) is 9.15. The first-order valence-electron chi connectivity index (χ1n) is 6.73. The summed E-state index contributed by atoms with van der Waals surface area (Å²) in [6.07, 6.45) is 0.904. The molecule has 0 radical (unpaired) electrons. The molecule has 0 spiro atoms. The van der Waals surface area contributed by atoms with Gasteiger partial charge in [0, 0.05) is 37.3 Å². The number of aromatic amines is 1. The molecule has 2 aliphatic rings. The third kappa shape index (κ3) is 2.58. The second-order valence-electron chi connectivity index (χ2n) is 5.45. The number of likely N-dealkylation sites (N-methyl/N-ethyl adjacent to an activating group) is 2. The topological polar surface area (TPSA) is 44.4 Å². The predicted octanol–water partition coefficient (Wildman–Crippen LogP) is 1.13. The van der Waals surface area contributed by atoms with Crippen molar-refractivity contribution in [2.24, 2.45) is 0 Å². The molecule has 1 aromatic heterocycles. The number of hydrogen-bond acceptors (Lipinski definition) is 5. The SMILES string of the molecule is CN1CCN(C)C(c2nc(=S)c3c([nH]2)CCOC3)C1. The van der Waals surface area contributed by atoms with Gasteiger partial charge < -0.3 is 14.6 Å². The van der Waals surface area contributed by atoms with Crippen LogP contribution >= 0.6 is 12.2 Å². The maximum atomic E-state index is 5.45. The molecule has 0 aliphatic carbocycles. The number of aromatic nitrogens is 2. The quantitative estimate of drug-likeness (QED) is 0.781. The van der Waals surface area contributed by atoms with Crippen LogP contribution in [0.25, 0.3) is 0 Å². The van der Waals surface area contributed by atoms with Crippen LogP contribution in [-0.4, -0.2) is 60.1 Å². The van der Waals surface area contributed by atoms with Crippen LogP contribution in [-0.2, 0) is 17.8 Å². The monoisotopic (exact) mass is 280 g/mol. The van der Waals surface area contributed by atoms with Gasteiger partial charge in [-0.3, -0.25) is 4.90 Å². The second-order valence-corrected chi connectivity index (χ2v) is 5.83. The van der Waals surface area contributed by atoms with Crippen molar-refractivity contribution in [1.82, 2.24) is 19.8 Å². The van der Waals surface area contributed by atoms with E-state index in [1.807, 2.05) is 0 Å². The highest BCUT2D eigenvalue weighted by atomic mass is 32.1. The Kier molecular flexibility index (Phi) is 3.66. The number of rotatable bonds is 1. The minimum Gasteiger partial charge on any atom is -0.376 e. The van der Waals surface area contributed by atoms with E-state index in [4.69, 9.17) is 17.0 Å². The molecule has 1 fully saturated rings. The van der Waals surface area contributed by atoms with Gasteiger partial charge >= 0.3 is 0 Å². The summed E-state index contributed by atoms with van der Waals surface area (Å²) in [4.78, 5) is 12.8. The molecule has 19 heavy (non-hydrogen) atoms. The van der Waals surface area contributed by atoms with Gasteiger partial charge in [0.25, 0.3) is 0 Å². The van der Waals surface area contributed by atoms with Gasteiger partial charge in [0.2, 0.25) is 0 Å². The number of H-pyrrole nitrogens is 1. The van der Waals surface area contributed by atoms with Crippen molar-refractivity contribution in [3.8, 4) is 0 Å². The Morgan fingerprint density at radius 2 is 2.21 bits per heavy atom. The zero-order valence-corrected chi connectivity index (χ0v) is 12.3. The van der Waals surface area contributed by atoms with Crippen LogP contribution in [0.5, 0.6) is 0 Å². The Balaban J connectivity index is 1.96. The number of nitrogens with zero attached hydrogens (tertiary/aromatic N) is 3. The van der Waals surface area contributed by atoms with Crippen molar-refractivity contribution >= 4 is 12.2 Å². The molecule has 6 heteroatoms. The minimum atomic E-state index is 0.300. The van der Waals surface area contributed by atoms with Crippen molar-refractivity contribution in [2.75, 3.05) is 40.3 Å². The van der Waals surface area contributed by atoms with Crippen molar-refractivity contribution < 1.29 is 4.74 Å². The fourth-order valence-corrected chi connectivity index (χ4v) is 3.02. The summed E-state index contributed by atoms with van der Waals surface area (Å²) in [5.41, 5.74) is 2.28. The van der Waals surface area contributed by atoms with Crippen LogP contribution in [0.2, 0.25) is 0 Å². The predicted molar refractivity (Wildman–Crippen MR) is 75.6 cm³/mol. The summed E-state index contributed by atoms with van der Waals surface area (Å²) in [6, 6.07) is 0.300. The van der Waals surface area contributed by atoms with E-state index < -0.39 is 0 Å². The van der Waals surface area contributed by atoms with E-state index in [2.05, 4.69) is 33.9 Å². The molecule has 104 valence electrons. The third-order valence-electron chi connectivity index (χ3n) is 4.03. The van der Waals surface area contributed by atoms with Crippen LogP contribution < -0.4 is 0 Å². The number of ether oxygens (including phenoxy) is 1. The zero-order valence-electron chi connectivity index (χ0n) is 11.5. The molecule has 1 saturated heterocycles. The van der Waals surface area contributed by atoms with Crippen LogP contribution in [0.3, 0.4) is 0 Å². The van der Waals surface area contributed by atoms with Crippen molar-refractivity contribution in [3.05, 3.63) is 21.7 Å². The molecule has 5 nitrogen and oxygen atoms in total. The highest BCUT2D eigenvalue weighted by Gasteiger charge is 2.26. The second kappa shape index (κ2) is 5.28. The lowest BCUT2D eigenvalue weighted by Gasteiger charge is -2.37. The number of nitrogens with one attached hydrogen (secondary N) is 1. The van der Waals surface area contributed by atoms with Crippen LogP contribution in [0.15, 0.2) is 0 Å². The van der Waals surface area contributed by atoms with Crippen LogP contribution in [0.4, 0.5) is 0 Å². The van der Waals surface area contributed by atoms with E-state index in [0.29, 0.717) is 17.3 Å². The highest BCUT2D eigenvalue weighted by molar-refractivity contribution is 7.71. The summed E-state index contributed by atoms with van der Waals surface area (Å²) in [5, 5.41) is 0. The molecule has 1 unspecified atom stereocenters. The van der Waals surface area contributed by atoms with Gasteiger partial charge in [-0.05, 0) is 14.1 Å². The molecule has 3 heterocycles. The van der Waals surface area contributed by atoms with Crippen molar-refractivity contribution in [3.63, 3.8) is 0 Å². The fourth-order valence-electron chi connectivity index (χ4n) is 2.74. The smallest absolute Gasteiger partial charge is 0.135 e. The van der Waals surface area contributed by atoms with Gasteiger partial charge in [0.1, 0.15) is 10.5 Å². The van der Waals surface area contributed by atoms with E-state index >= 15 is 0 Å². The van der Waals surface area contributed by atoms with Crippen LogP contribution in [0.1, 0.15) is 23.1 Å². The Morgan fingerprint density at radius 1 is 1.37 bits per heavy atom. The van der Waals surface area contributed by atoms with E-state index in [-0.39, 0.29) is 0 Å². The van der Waals surface area contributed by atoms with Gasteiger partial charge in [-0.15, -0.1) is 0 Å². The molecule has 0 amide bonds. The summed E-state index contributed by atoms with van der Waals surface area (Å²) in [7, 11) is 4.31. The normalized spacial score (nSPS) is 25.3. The van der Waals surface area contributed by atoms with Gasteiger partial charge in [-0.25, -0.2) is 4.98 Å². The lowest BCUT2D eigenvalue weighted by Crippen LogP contribution is -2.45.